The second-order valence-corrected chi connectivity index (χ2v) is 19.4. The Labute approximate surface area is 416 Å². The van der Waals surface area contributed by atoms with Gasteiger partial charge in [-0.1, -0.05) is 170 Å². The third-order valence-electron chi connectivity index (χ3n) is 15.0. The van der Waals surface area contributed by atoms with E-state index < -0.39 is 0 Å². The Morgan fingerprint density at radius 3 is 1.93 bits per heavy atom. The van der Waals surface area contributed by atoms with Crippen LogP contribution < -0.4 is 4.90 Å². The monoisotopic (exact) mass is 910 g/mol. The Morgan fingerprint density at radius 2 is 1.14 bits per heavy atom. The molecule has 9 aromatic carbocycles. The molecule has 340 valence electrons. The number of hydrogen-bond acceptors (Lipinski definition) is 1. The van der Waals surface area contributed by atoms with Gasteiger partial charge in [0.15, 0.2) is 0 Å². The van der Waals surface area contributed by atoms with Crippen LogP contribution in [0.5, 0.6) is 0 Å². The van der Waals surface area contributed by atoms with E-state index in [1.54, 1.807) is 0 Å². The minimum absolute atomic E-state index is 1.01. The van der Waals surface area contributed by atoms with Gasteiger partial charge in [0.2, 0.25) is 0 Å². The topological polar surface area (TPSA) is 8.17 Å². The number of aromatic nitrogens is 1. The number of rotatable bonds is 9. The first-order valence-corrected chi connectivity index (χ1v) is 25.4. The van der Waals surface area contributed by atoms with Gasteiger partial charge in [0.25, 0.3) is 0 Å². The molecule has 0 spiro atoms. The molecule has 71 heavy (non-hydrogen) atoms. The van der Waals surface area contributed by atoms with E-state index in [0.29, 0.717) is 0 Å². The summed E-state index contributed by atoms with van der Waals surface area (Å²) in [6.45, 7) is 2.27. The van der Waals surface area contributed by atoms with Crippen LogP contribution in [0.15, 0.2) is 237 Å². The zero-order valence-electron chi connectivity index (χ0n) is 40.2. The SMILES string of the molecule is Cc1cc(-c2ccc(C3=CC=CCC3)cc2)ccc1N(c1cccc(-c2cc(C3=CC=CCC3)cc3c2c2ccc(C4=CCCC=C4)cc2n3-c2ccccc2)c1)c1ccc2c(ccc3ccccc32)c1. The maximum Gasteiger partial charge on any atom is 0.0553 e. The molecular weight excluding hydrogens is 857 g/mol. The van der Waals surface area contributed by atoms with Crippen molar-refractivity contribution in [1.82, 2.24) is 4.57 Å². The molecule has 3 aliphatic carbocycles. The molecule has 0 unspecified atom stereocenters. The zero-order chi connectivity index (χ0) is 47.3. The highest BCUT2D eigenvalue weighted by atomic mass is 15.1. The molecule has 3 aliphatic rings. The lowest BCUT2D eigenvalue weighted by atomic mass is 9.91. The number of hydrogen-bond donors (Lipinski definition) is 0. The van der Waals surface area contributed by atoms with Crippen molar-refractivity contribution in [2.75, 3.05) is 4.90 Å². The molecule has 0 fully saturated rings. The zero-order valence-corrected chi connectivity index (χ0v) is 40.2. The predicted octanol–water partition coefficient (Wildman–Crippen LogP) is 19.4. The smallest absolute Gasteiger partial charge is 0.0553 e. The number of anilines is 3. The second kappa shape index (κ2) is 18.1. The highest BCUT2D eigenvalue weighted by Crippen LogP contribution is 2.46. The molecule has 0 radical (unpaired) electrons. The number of fused-ring (bicyclic) bond motifs is 6. The van der Waals surface area contributed by atoms with Crippen molar-refractivity contribution >= 4 is 77.1 Å². The fourth-order valence-electron chi connectivity index (χ4n) is 11.4. The summed E-state index contributed by atoms with van der Waals surface area (Å²) in [5, 5.41) is 7.53. The maximum atomic E-state index is 2.51. The molecule has 2 heteroatoms. The fraction of sp³-hybridized carbons (Fsp3) is 0.101. The molecule has 0 saturated heterocycles. The normalized spacial score (nSPS) is 14.6. The summed E-state index contributed by atoms with van der Waals surface area (Å²) < 4.78 is 2.51. The van der Waals surface area contributed by atoms with E-state index in [9.17, 15) is 0 Å². The van der Waals surface area contributed by atoms with Gasteiger partial charge in [0, 0.05) is 33.5 Å². The molecule has 0 amide bonds. The average Bonchev–Trinajstić information content (AvgIpc) is 3.78. The third kappa shape index (κ3) is 7.87. The molecule has 0 N–H and O–H groups in total. The van der Waals surface area contributed by atoms with Gasteiger partial charge in [-0.3, -0.25) is 0 Å². The first-order valence-electron chi connectivity index (χ1n) is 25.4. The van der Waals surface area contributed by atoms with Crippen molar-refractivity contribution in [3.8, 4) is 27.9 Å². The van der Waals surface area contributed by atoms with Gasteiger partial charge < -0.3 is 9.47 Å². The Morgan fingerprint density at radius 1 is 0.437 bits per heavy atom. The van der Waals surface area contributed by atoms with Crippen LogP contribution in [-0.4, -0.2) is 4.57 Å². The van der Waals surface area contributed by atoms with Crippen molar-refractivity contribution in [2.24, 2.45) is 0 Å². The van der Waals surface area contributed by atoms with Crippen LogP contribution in [0.3, 0.4) is 0 Å². The van der Waals surface area contributed by atoms with E-state index >= 15 is 0 Å². The number of benzene rings is 9. The van der Waals surface area contributed by atoms with Crippen molar-refractivity contribution in [3.63, 3.8) is 0 Å². The van der Waals surface area contributed by atoms with Gasteiger partial charge >= 0.3 is 0 Å². The number of allylic oxidation sites excluding steroid dienone is 12. The summed E-state index contributed by atoms with van der Waals surface area (Å²) in [5.74, 6) is 0. The molecule has 2 nitrogen and oxygen atoms in total. The number of nitrogens with zero attached hydrogens (tertiary/aromatic N) is 2. The van der Waals surface area contributed by atoms with Crippen molar-refractivity contribution in [2.45, 2.75) is 45.4 Å². The minimum atomic E-state index is 1.01. The van der Waals surface area contributed by atoms with Crippen LogP contribution >= 0.6 is 0 Å². The third-order valence-corrected chi connectivity index (χ3v) is 15.0. The molecule has 1 aromatic heterocycles. The highest BCUT2D eigenvalue weighted by molar-refractivity contribution is 6.17. The Bertz CT molecular complexity index is 3920. The molecule has 0 aliphatic heterocycles. The number of para-hydroxylation sites is 1. The average molecular weight is 911 g/mol. The number of aryl methyl sites for hydroxylation is 1. The van der Waals surface area contributed by atoms with E-state index in [1.165, 1.54) is 105 Å². The summed E-state index contributed by atoms with van der Waals surface area (Å²) in [6.07, 6.45) is 26.9. The van der Waals surface area contributed by atoms with Crippen LogP contribution in [-0.2, 0) is 0 Å². The Balaban J connectivity index is 1.00. The fourth-order valence-corrected chi connectivity index (χ4v) is 11.4. The summed E-state index contributed by atoms with van der Waals surface area (Å²) in [6, 6.07) is 68.7. The summed E-state index contributed by atoms with van der Waals surface area (Å²) in [4.78, 5) is 2.48. The van der Waals surface area contributed by atoms with Gasteiger partial charge in [-0.15, -0.1) is 0 Å². The van der Waals surface area contributed by atoms with Gasteiger partial charge in [-0.05, 0) is 195 Å². The molecule has 10 aromatic rings. The molecule has 0 saturated carbocycles. The Kier molecular flexibility index (Phi) is 10.9. The molecule has 13 rings (SSSR count). The lowest BCUT2D eigenvalue weighted by Gasteiger charge is -2.28. The Hall–Kier alpha value is -8.46. The first kappa shape index (κ1) is 42.6. The van der Waals surface area contributed by atoms with Crippen LogP contribution in [0.25, 0.3) is 88.0 Å². The summed E-state index contributed by atoms with van der Waals surface area (Å²) in [7, 11) is 0. The van der Waals surface area contributed by atoms with E-state index in [1.807, 2.05) is 0 Å². The predicted molar refractivity (Wildman–Crippen MR) is 305 cm³/mol. The summed E-state index contributed by atoms with van der Waals surface area (Å²) in [5.41, 5.74) is 21.0. The largest absolute Gasteiger partial charge is 0.310 e. The summed E-state index contributed by atoms with van der Waals surface area (Å²) >= 11 is 0. The molecular formula is C69H54N2. The van der Waals surface area contributed by atoms with Crippen LogP contribution in [0.2, 0.25) is 0 Å². The van der Waals surface area contributed by atoms with E-state index in [-0.39, 0.29) is 0 Å². The van der Waals surface area contributed by atoms with Crippen LogP contribution in [0.1, 0.15) is 60.8 Å². The van der Waals surface area contributed by atoms with Crippen LogP contribution in [0.4, 0.5) is 17.1 Å². The van der Waals surface area contributed by atoms with Gasteiger partial charge in [0.05, 0.1) is 11.0 Å². The first-order chi connectivity index (χ1) is 35.1. The van der Waals surface area contributed by atoms with Gasteiger partial charge in [-0.25, -0.2) is 0 Å². The van der Waals surface area contributed by atoms with Crippen molar-refractivity contribution in [1.29, 1.82) is 0 Å². The van der Waals surface area contributed by atoms with Gasteiger partial charge in [-0.2, -0.15) is 0 Å². The quantitative estimate of drug-likeness (QED) is 0.131. The lowest BCUT2D eigenvalue weighted by molar-refractivity contribution is 1.04. The highest BCUT2D eigenvalue weighted by Gasteiger charge is 2.23. The second-order valence-electron chi connectivity index (χ2n) is 19.4. The molecule has 1 heterocycles. The van der Waals surface area contributed by atoms with Crippen molar-refractivity contribution in [3.05, 3.63) is 259 Å². The minimum Gasteiger partial charge on any atom is -0.310 e. The van der Waals surface area contributed by atoms with Gasteiger partial charge in [0.1, 0.15) is 0 Å². The van der Waals surface area contributed by atoms with Crippen LogP contribution in [0, 0.1) is 6.92 Å². The molecule has 0 bridgehead atoms. The lowest BCUT2D eigenvalue weighted by Crippen LogP contribution is -2.11. The van der Waals surface area contributed by atoms with E-state index in [0.717, 1.165) is 61.3 Å². The molecule has 0 atom stereocenters. The van der Waals surface area contributed by atoms with Crippen molar-refractivity contribution < 1.29 is 0 Å². The standard InChI is InChI=1S/C69H54N2/c1-47-41-54(52-31-29-51(30-32-52)48-17-6-2-7-18-48)36-40-66(47)70(61-37-39-63-57(43-61)34-33-53-23-14-15-28-62(53)63)60-27-16-24-56(42-60)65-44-58(50-21-10-4-11-22-50)46-68-69(65)64-38-35-55(49-19-8-3-9-20-49)45-67(64)71(68)59-25-12-5-13-26-59/h2,4-6,8,10,12-17,19-21,23-46H,3,7,9,11,18,22H2,1H3. The van der Waals surface area contributed by atoms with E-state index in [4.69, 9.17) is 0 Å². The van der Waals surface area contributed by atoms with E-state index in [2.05, 4.69) is 253 Å². The maximum absolute atomic E-state index is 2.51.